The third-order valence-electron chi connectivity index (χ3n) is 3.49. The van der Waals surface area contributed by atoms with Gasteiger partial charge in [0, 0.05) is 11.8 Å². The van der Waals surface area contributed by atoms with Gasteiger partial charge in [-0.15, -0.1) is 10.2 Å². The van der Waals surface area contributed by atoms with Crippen LogP contribution >= 0.6 is 11.8 Å². The van der Waals surface area contributed by atoms with Crippen molar-refractivity contribution < 1.29 is 22.7 Å². The Morgan fingerprint density at radius 1 is 1.15 bits per heavy atom. The summed E-state index contributed by atoms with van der Waals surface area (Å²) in [5.74, 6) is -1.24. The molecule has 0 aliphatic heterocycles. The van der Waals surface area contributed by atoms with Crippen molar-refractivity contribution in [1.29, 1.82) is 0 Å². The number of hydrogen-bond donors (Lipinski definition) is 1. The van der Waals surface area contributed by atoms with Crippen molar-refractivity contribution in [3.63, 3.8) is 0 Å². The van der Waals surface area contributed by atoms with Crippen LogP contribution in [0.4, 0.5) is 14.5 Å². The molecule has 3 aromatic rings. The normalized spacial score (nSPS) is 10.6. The third-order valence-corrected chi connectivity index (χ3v) is 4.31. The van der Waals surface area contributed by atoms with Crippen molar-refractivity contribution >= 4 is 23.4 Å². The number of nitrogens with one attached hydrogen (secondary N) is 1. The number of carbonyl (C=O) groups excluding carboxylic acids is 1. The first-order valence-electron chi connectivity index (χ1n) is 7.86. The first-order valence-corrected chi connectivity index (χ1v) is 8.85. The largest absolute Gasteiger partial charge is 0.497 e. The SMILES string of the molecule is COc1ccc(Cc2nnc(SCC(=O)Nc3ccc(F)c(F)c3)o2)cc1. The molecule has 0 spiro atoms. The van der Waals surface area contributed by atoms with Gasteiger partial charge in [0.2, 0.25) is 11.8 Å². The van der Waals surface area contributed by atoms with Gasteiger partial charge in [0.05, 0.1) is 19.3 Å². The van der Waals surface area contributed by atoms with E-state index in [9.17, 15) is 13.6 Å². The zero-order valence-corrected chi connectivity index (χ0v) is 15.1. The molecule has 9 heteroatoms. The lowest BCUT2D eigenvalue weighted by Gasteiger charge is -2.04. The number of thioether (sulfide) groups is 1. The number of hydrogen-bond acceptors (Lipinski definition) is 6. The van der Waals surface area contributed by atoms with Crippen molar-refractivity contribution in [3.05, 3.63) is 65.6 Å². The van der Waals surface area contributed by atoms with Crippen molar-refractivity contribution in [1.82, 2.24) is 10.2 Å². The predicted octanol–water partition coefficient (Wildman–Crippen LogP) is 3.68. The number of carbonyl (C=O) groups is 1. The summed E-state index contributed by atoms with van der Waals surface area (Å²) in [6, 6.07) is 10.6. The van der Waals surface area contributed by atoms with Gasteiger partial charge in [-0.05, 0) is 29.8 Å². The van der Waals surface area contributed by atoms with Crippen LogP contribution in [0.5, 0.6) is 5.75 Å². The summed E-state index contributed by atoms with van der Waals surface area (Å²) in [7, 11) is 1.60. The van der Waals surface area contributed by atoms with Crippen LogP contribution in [0.1, 0.15) is 11.5 Å². The fraction of sp³-hybridized carbons (Fsp3) is 0.167. The molecule has 0 saturated heterocycles. The monoisotopic (exact) mass is 391 g/mol. The molecular weight excluding hydrogens is 376 g/mol. The lowest BCUT2D eigenvalue weighted by atomic mass is 10.1. The molecule has 0 aliphatic rings. The molecular formula is C18H15F2N3O3S. The predicted molar refractivity (Wildman–Crippen MR) is 95.8 cm³/mol. The zero-order valence-electron chi connectivity index (χ0n) is 14.2. The van der Waals surface area contributed by atoms with E-state index in [1.807, 2.05) is 24.3 Å². The molecule has 0 aliphatic carbocycles. The summed E-state index contributed by atoms with van der Waals surface area (Å²) >= 11 is 1.05. The minimum atomic E-state index is -1.03. The summed E-state index contributed by atoms with van der Waals surface area (Å²) in [5, 5.41) is 10.5. The van der Waals surface area contributed by atoms with Crippen LogP contribution in [-0.4, -0.2) is 29.0 Å². The number of ether oxygens (including phenoxy) is 1. The van der Waals surface area contributed by atoms with Gasteiger partial charge in [0.15, 0.2) is 11.6 Å². The second-order valence-corrected chi connectivity index (χ2v) is 6.38. The second kappa shape index (κ2) is 8.63. The first kappa shape index (κ1) is 18.8. The Morgan fingerprint density at radius 3 is 2.63 bits per heavy atom. The molecule has 1 aromatic heterocycles. The number of rotatable bonds is 7. The van der Waals surface area contributed by atoms with Gasteiger partial charge < -0.3 is 14.5 Å². The second-order valence-electron chi connectivity index (χ2n) is 5.45. The van der Waals surface area contributed by atoms with E-state index < -0.39 is 17.5 Å². The molecule has 6 nitrogen and oxygen atoms in total. The average Bonchev–Trinajstić information content (AvgIpc) is 3.11. The fourth-order valence-electron chi connectivity index (χ4n) is 2.18. The fourth-order valence-corrected chi connectivity index (χ4v) is 2.76. The minimum Gasteiger partial charge on any atom is -0.497 e. The number of methoxy groups -OCH3 is 1. The molecule has 0 saturated carbocycles. The number of aromatic nitrogens is 2. The molecule has 0 atom stereocenters. The number of nitrogens with zero attached hydrogens (tertiary/aromatic N) is 2. The quantitative estimate of drug-likeness (QED) is 0.619. The molecule has 1 amide bonds. The van der Waals surface area contributed by atoms with Gasteiger partial charge in [-0.3, -0.25) is 4.79 Å². The Labute approximate surface area is 157 Å². The summed E-state index contributed by atoms with van der Waals surface area (Å²) in [4.78, 5) is 11.9. The number of halogens is 2. The van der Waals surface area contributed by atoms with E-state index in [2.05, 4.69) is 15.5 Å². The summed E-state index contributed by atoms with van der Waals surface area (Å²) in [6.45, 7) is 0. The lowest BCUT2D eigenvalue weighted by molar-refractivity contribution is -0.113. The van der Waals surface area contributed by atoms with Crippen molar-refractivity contribution in [2.24, 2.45) is 0 Å². The van der Waals surface area contributed by atoms with Crippen molar-refractivity contribution in [2.45, 2.75) is 11.6 Å². The molecule has 3 rings (SSSR count). The van der Waals surface area contributed by atoms with Gasteiger partial charge in [-0.25, -0.2) is 8.78 Å². The van der Waals surface area contributed by atoms with Crippen molar-refractivity contribution in [3.8, 4) is 5.75 Å². The number of amides is 1. The van der Waals surface area contributed by atoms with Crippen LogP contribution < -0.4 is 10.1 Å². The van der Waals surface area contributed by atoms with Gasteiger partial charge in [-0.2, -0.15) is 0 Å². The Bertz CT molecular complexity index is 932. The molecule has 1 heterocycles. The Morgan fingerprint density at radius 2 is 1.93 bits per heavy atom. The van der Waals surface area contributed by atoms with E-state index in [0.29, 0.717) is 12.3 Å². The van der Waals surface area contributed by atoms with Gasteiger partial charge in [0.25, 0.3) is 5.22 Å². The van der Waals surface area contributed by atoms with Crippen LogP contribution in [0, 0.1) is 11.6 Å². The molecule has 0 fully saturated rings. The van der Waals surface area contributed by atoms with Crippen LogP contribution in [0.3, 0.4) is 0 Å². The van der Waals surface area contributed by atoms with Crippen LogP contribution in [0.25, 0.3) is 0 Å². The van der Waals surface area contributed by atoms with E-state index in [1.165, 1.54) is 6.07 Å². The summed E-state index contributed by atoms with van der Waals surface area (Å²) in [6.07, 6.45) is 0.457. The molecule has 0 unspecified atom stereocenters. The van der Waals surface area contributed by atoms with Gasteiger partial charge in [0.1, 0.15) is 5.75 Å². The Hall–Kier alpha value is -2.94. The molecule has 0 bridgehead atoms. The average molecular weight is 391 g/mol. The van der Waals surface area contributed by atoms with Gasteiger partial charge >= 0.3 is 0 Å². The maximum Gasteiger partial charge on any atom is 0.277 e. The number of benzene rings is 2. The lowest BCUT2D eigenvalue weighted by Crippen LogP contribution is -2.14. The summed E-state index contributed by atoms with van der Waals surface area (Å²) in [5.41, 5.74) is 1.15. The Kier molecular flexibility index (Phi) is 6.02. The third kappa shape index (κ3) is 5.27. The zero-order chi connectivity index (χ0) is 19.2. The highest BCUT2D eigenvalue weighted by molar-refractivity contribution is 7.99. The topological polar surface area (TPSA) is 77.2 Å². The van der Waals surface area contributed by atoms with E-state index in [1.54, 1.807) is 7.11 Å². The van der Waals surface area contributed by atoms with Crippen LogP contribution in [0.15, 0.2) is 52.1 Å². The number of anilines is 1. The van der Waals surface area contributed by atoms with E-state index in [0.717, 1.165) is 35.2 Å². The smallest absolute Gasteiger partial charge is 0.277 e. The van der Waals surface area contributed by atoms with E-state index >= 15 is 0 Å². The maximum absolute atomic E-state index is 13.1. The minimum absolute atomic E-state index is 0.0107. The van der Waals surface area contributed by atoms with Crippen LogP contribution in [0.2, 0.25) is 0 Å². The van der Waals surface area contributed by atoms with E-state index in [-0.39, 0.29) is 16.7 Å². The molecule has 140 valence electrons. The van der Waals surface area contributed by atoms with Gasteiger partial charge in [-0.1, -0.05) is 23.9 Å². The van der Waals surface area contributed by atoms with Crippen molar-refractivity contribution in [2.75, 3.05) is 18.2 Å². The van der Waals surface area contributed by atoms with Crippen LogP contribution in [-0.2, 0) is 11.2 Å². The first-order chi connectivity index (χ1) is 13.0. The highest BCUT2D eigenvalue weighted by atomic mass is 32.2. The Balaban J connectivity index is 1.51. The molecule has 27 heavy (non-hydrogen) atoms. The standard InChI is InChI=1S/C18H15F2N3O3S/c1-25-13-5-2-11(3-6-13)8-17-22-23-18(26-17)27-10-16(24)21-12-4-7-14(19)15(20)9-12/h2-7,9H,8,10H2,1H3,(H,21,24). The van der Waals surface area contributed by atoms with E-state index in [4.69, 9.17) is 9.15 Å². The molecule has 1 N–H and O–H groups in total. The highest BCUT2D eigenvalue weighted by Gasteiger charge is 2.11. The highest BCUT2D eigenvalue weighted by Crippen LogP contribution is 2.20. The summed E-state index contributed by atoms with van der Waals surface area (Å²) < 4.78 is 36.6. The maximum atomic E-state index is 13.1. The molecule has 2 aromatic carbocycles. The molecule has 0 radical (unpaired) electrons.